The normalized spacial score (nSPS) is 10.0. The lowest BCUT2D eigenvalue weighted by molar-refractivity contribution is 0.0964. The van der Waals surface area contributed by atoms with E-state index in [1.54, 1.807) is 6.92 Å². The van der Waals surface area contributed by atoms with Gasteiger partial charge in [-0.3, -0.25) is 4.79 Å². The summed E-state index contributed by atoms with van der Waals surface area (Å²) in [5.41, 5.74) is 6.57. The topological polar surface area (TPSA) is 69.1 Å². The van der Waals surface area contributed by atoms with Gasteiger partial charge in [0.1, 0.15) is 0 Å². The molecule has 4 heteroatoms. The predicted molar refractivity (Wildman–Crippen MR) is 39.1 cm³/mol. The van der Waals surface area contributed by atoms with E-state index >= 15 is 0 Å². The Morgan fingerprint density at radius 2 is 2.36 bits per heavy atom. The lowest BCUT2D eigenvalue weighted by Crippen LogP contribution is -2.11. The van der Waals surface area contributed by atoms with Gasteiger partial charge in [0.05, 0.1) is 5.69 Å². The molecule has 1 aromatic rings. The first-order valence-electron chi connectivity index (χ1n) is 3.41. The Kier molecular flexibility index (Phi) is 1.94. The summed E-state index contributed by atoms with van der Waals surface area (Å²) in [6.07, 6.45) is 0.716. The van der Waals surface area contributed by atoms with Crippen molar-refractivity contribution < 1.29 is 9.32 Å². The molecule has 2 N–H and O–H groups in total. The summed E-state index contributed by atoms with van der Waals surface area (Å²) in [7, 11) is 0. The third kappa shape index (κ3) is 1.24. The van der Waals surface area contributed by atoms with E-state index in [1.807, 2.05) is 6.92 Å². The number of aromatic nitrogens is 1. The van der Waals surface area contributed by atoms with Crippen molar-refractivity contribution in [2.75, 3.05) is 0 Å². The molecule has 0 unspecified atom stereocenters. The summed E-state index contributed by atoms with van der Waals surface area (Å²) in [4.78, 5) is 10.7. The molecule has 1 heterocycles. The number of amides is 1. The van der Waals surface area contributed by atoms with Crippen LogP contribution in [-0.2, 0) is 6.42 Å². The van der Waals surface area contributed by atoms with Gasteiger partial charge in [-0.15, -0.1) is 0 Å². The van der Waals surface area contributed by atoms with Crippen LogP contribution in [0.5, 0.6) is 0 Å². The molecule has 0 aliphatic rings. The van der Waals surface area contributed by atoms with Crippen LogP contribution in [-0.4, -0.2) is 11.1 Å². The molecule has 0 spiro atoms. The fourth-order valence-corrected chi connectivity index (χ4v) is 0.999. The molecule has 0 saturated carbocycles. The largest absolute Gasteiger partial charge is 0.363 e. The summed E-state index contributed by atoms with van der Waals surface area (Å²) in [6, 6.07) is 0. The van der Waals surface area contributed by atoms with E-state index in [1.165, 1.54) is 0 Å². The molecule has 0 aliphatic carbocycles. The van der Waals surface area contributed by atoms with Gasteiger partial charge in [-0.25, -0.2) is 0 Å². The van der Waals surface area contributed by atoms with Crippen LogP contribution in [0.4, 0.5) is 0 Å². The third-order valence-corrected chi connectivity index (χ3v) is 1.56. The van der Waals surface area contributed by atoms with Gasteiger partial charge in [0, 0.05) is 5.56 Å². The smallest absolute Gasteiger partial charge is 0.287 e. The zero-order chi connectivity index (χ0) is 8.43. The molecule has 1 rings (SSSR count). The van der Waals surface area contributed by atoms with Crippen LogP contribution in [0.1, 0.15) is 28.7 Å². The second-order valence-electron chi connectivity index (χ2n) is 2.29. The number of rotatable bonds is 2. The van der Waals surface area contributed by atoms with Crippen LogP contribution >= 0.6 is 0 Å². The highest BCUT2D eigenvalue weighted by Gasteiger charge is 2.15. The summed E-state index contributed by atoms with van der Waals surface area (Å²) in [5.74, 6) is -0.368. The fourth-order valence-electron chi connectivity index (χ4n) is 0.999. The van der Waals surface area contributed by atoms with Crippen molar-refractivity contribution in [1.82, 2.24) is 5.16 Å². The first kappa shape index (κ1) is 7.78. The van der Waals surface area contributed by atoms with Crippen LogP contribution in [0.3, 0.4) is 0 Å². The fraction of sp³-hybridized carbons (Fsp3) is 0.429. The molecule has 0 saturated heterocycles. The van der Waals surface area contributed by atoms with Gasteiger partial charge in [-0.2, -0.15) is 0 Å². The van der Waals surface area contributed by atoms with E-state index in [-0.39, 0.29) is 5.76 Å². The average Bonchev–Trinajstić information content (AvgIpc) is 2.30. The molecule has 60 valence electrons. The number of aryl methyl sites for hydroxylation is 1. The van der Waals surface area contributed by atoms with Crippen molar-refractivity contribution in [3.8, 4) is 0 Å². The molecule has 0 aromatic carbocycles. The highest BCUT2D eigenvalue weighted by Crippen LogP contribution is 2.12. The predicted octanol–water partition coefficient (Wildman–Crippen LogP) is 0.644. The van der Waals surface area contributed by atoms with Crippen LogP contribution in [0.25, 0.3) is 0 Å². The maximum absolute atomic E-state index is 10.7. The molecule has 0 fully saturated rings. The lowest BCUT2D eigenvalue weighted by Gasteiger charge is -1.91. The minimum atomic E-state index is -0.553. The van der Waals surface area contributed by atoms with Gasteiger partial charge >= 0.3 is 0 Å². The molecule has 0 aliphatic heterocycles. The van der Waals surface area contributed by atoms with Crippen LogP contribution in [0, 0.1) is 6.92 Å². The van der Waals surface area contributed by atoms with Gasteiger partial charge in [0.2, 0.25) is 5.76 Å². The first-order chi connectivity index (χ1) is 5.16. The van der Waals surface area contributed by atoms with Crippen molar-refractivity contribution >= 4 is 5.91 Å². The minimum absolute atomic E-state index is 0.185. The summed E-state index contributed by atoms with van der Waals surface area (Å²) in [5, 5.41) is 3.63. The van der Waals surface area contributed by atoms with Crippen LogP contribution in [0.15, 0.2) is 4.52 Å². The van der Waals surface area contributed by atoms with Gasteiger partial charge in [-0.05, 0) is 13.3 Å². The van der Waals surface area contributed by atoms with E-state index < -0.39 is 5.91 Å². The third-order valence-electron chi connectivity index (χ3n) is 1.56. The van der Waals surface area contributed by atoms with Crippen molar-refractivity contribution in [3.05, 3.63) is 17.0 Å². The van der Waals surface area contributed by atoms with Gasteiger partial charge in [0.25, 0.3) is 5.91 Å². The number of hydrogen-bond donors (Lipinski definition) is 1. The molecular weight excluding hydrogens is 144 g/mol. The van der Waals surface area contributed by atoms with Gasteiger partial charge in [-0.1, -0.05) is 12.1 Å². The van der Waals surface area contributed by atoms with Gasteiger partial charge in [0.15, 0.2) is 0 Å². The molecular formula is C7H10N2O2. The Balaban J connectivity index is 3.15. The highest BCUT2D eigenvalue weighted by atomic mass is 16.5. The Morgan fingerprint density at radius 1 is 1.73 bits per heavy atom. The summed E-state index contributed by atoms with van der Waals surface area (Å²) >= 11 is 0. The van der Waals surface area contributed by atoms with Crippen molar-refractivity contribution in [2.24, 2.45) is 5.73 Å². The Hall–Kier alpha value is -1.32. The van der Waals surface area contributed by atoms with Crippen molar-refractivity contribution in [2.45, 2.75) is 20.3 Å². The number of primary amides is 1. The van der Waals surface area contributed by atoms with E-state index in [9.17, 15) is 4.79 Å². The monoisotopic (exact) mass is 154 g/mol. The molecule has 0 atom stereocenters. The Morgan fingerprint density at radius 3 is 2.73 bits per heavy atom. The summed E-state index contributed by atoms with van der Waals surface area (Å²) < 4.78 is 4.72. The van der Waals surface area contributed by atoms with E-state index in [4.69, 9.17) is 10.3 Å². The number of carbonyl (C=O) groups excluding carboxylic acids is 1. The molecule has 0 bridgehead atoms. The number of nitrogens with zero attached hydrogens (tertiary/aromatic N) is 1. The number of hydrogen-bond acceptors (Lipinski definition) is 3. The maximum Gasteiger partial charge on any atom is 0.287 e. The zero-order valence-corrected chi connectivity index (χ0v) is 6.55. The first-order valence-corrected chi connectivity index (χ1v) is 3.41. The molecule has 4 nitrogen and oxygen atoms in total. The number of carbonyl (C=O) groups is 1. The van der Waals surface area contributed by atoms with E-state index in [0.29, 0.717) is 6.42 Å². The van der Waals surface area contributed by atoms with Crippen LogP contribution < -0.4 is 5.73 Å². The zero-order valence-electron chi connectivity index (χ0n) is 6.55. The quantitative estimate of drug-likeness (QED) is 0.679. The van der Waals surface area contributed by atoms with E-state index in [0.717, 1.165) is 11.3 Å². The van der Waals surface area contributed by atoms with E-state index in [2.05, 4.69) is 5.16 Å². The Labute approximate surface area is 64.4 Å². The highest BCUT2D eigenvalue weighted by molar-refractivity contribution is 5.91. The number of nitrogens with two attached hydrogens (primary N) is 1. The second-order valence-corrected chi connectivity index (χ2v) is 2.29. The van der Waals surface area contributed by atoms with Crippen LogP contribution in [0.2, 0.25) is 0 Å². The van der Waals surface area contributed by atoms with Gasteiger partial charge < -0.3 is 10.3 Å². The molecule has 1 amide bonds. The Bertz CT molecular complexity index is 278. The molecule has 1 aromatic heterocycles. The standard InChI is InChI=1S/C7H10N2O2/c1-3-5-4(2)9-11-6(5)7(8)10/h3H2,1-2H3,(H2,8,10). The summed E-state index contributed by atoms with van der Waals surface area (Å²) in [6.45, 7) is 3.71. The molecule has 11 heavy (non-hydrogen) atoms. The van der Waals surface area contributed by atoms with Crippen molar-refractivity contribution in [3.63, 3.8) is 0 Å². The van der Waals surface area contributed by atoms with Crippen molar-refractivity contribution in [1.29, 1.82) is 0 Å². The molecule has 0 radical (unpaired) electrons. The lowest BCUT2D eigenvalue weighted by atomic mass is 10.1. The maximum atomic E-state index is 10.7. The average molecular weight is 154 g/mol. The SMILES string of the molecule is CCc1c(C)noc1C(N)=O. The second kappa shape index (κ2) is 2.74. The minimum Gasteiger partial charge on any atom is -0.363 e.